The number of nitrogens with zero attached hydrogens (tertiary/aromatic N) is 1. The van der Waals surface area contributed by atoms with Gasteiger partial charge in [0.1, 0.15) is 0 Å². The molecule has 1 aliphatic carbocycles. The van der Waals surface area contributed by atoms with Gasteiger partial charge in [-0.2, -0.15) is 0 Å². The topological polar surface area (TPSA) is 33.1 Å². The molecule has 70 valence electrons. The highest BCUT2D eigenvalue weighted by Gasteiger charge is 2.37. The van der Waals surface area contributed by atoms with E-state index < -0.39 is 0 Å². The van der Waals surface area contributed by atoms with E-state index in [1.54, 1.807) is 0 Å². The van der Waals surface area contributed by atoms with E-state index in [2.05, 4.69) is 17.1 Å². The fourth-order valence-corrected chi connectivity index (χ4v) is 1.84. The Kier molecular flexibility index (Phi) is 2.32. The van der Waals surface area contributed by atoms with Crippen molar-refractivity contribution in [2.24, 2.45) is 5.92 Å². The van der Waals surface area contributed by atoms with Crippen LogP contribution in [-0.4, -0.2) is 16.7 Å². The van der Waals surface area contributed by atoms with Crippen molar-refractivity contribution < 1.29 is 5.11 Å². The van der Waals surface area contributed by atoms with Gasteiger partial charge >= 0.3 is 0 Å². The Labute approximate surface area is 78.6 Å². The number of pyridine rings is 1. The van der Waals surface area contributed by atoms with Gasteiger partial charge < -0.3 is 5.11 Å². The summed E-state index contributed by atoms with van der Waals surface area (Å²) in [5.74, 6) is 1.37. The second kappa shape index (κ2) is 3.46. The molecule has 0 bridgehead atoms. The minimum atomic E-state index is 0.320. The van der Waals surface area contributed by atoms with Crippen LogP contribution in [0, 0.1) is 12.8 Å². The minimum Gasteiger partial charge on any atom is -0.396 e. The molecule has 0 amide bonds. The van der Waals surface area contributed by atoms with Crippen molar-refractivity contribution in [3.8, 4) is 0 Å². The lowest BCUT2D eigenvalue weighted by molar-refractivity contribution is 0.279. The third-order valence-electron chi connectivity index (χ3n) is 2.78. The van der Waals surface area contributed by atoms with Gasteiger partial charge in [0.05, 0.1) is 0 Å². The lowest BCUT2D eigenvalue weighted by atomic mass is 10.1. The summed E-state index contributed by atoms with van der Waals surface area (Å²) >= 11 is 0. The molecule has 2 heteroatoms. The number of aliphatic hydroxyl groups excluding tert-OH is 1. The Morgan fingerprint density at radius 3 is 3.00 bits per heavy atom. The van der Waals surface area contributed by atoms with Gasteiger partial charge in [0.25, 0.3) is 0 Å². The van der Waals surface area contributed by atoms with Crippen LogP contribution in [0.5, 0.6) is 0 Å². The molecule has 2 rings (SSSR count). The molecule has 1 fully saturated rings. The molecule has 2 nitrogen and oxygen atoms in total. The predicted octanol–water partition coefficient (Wildman–Crippen LogP) is 1.88. The van der Waals surface area contributed by atoms with Gasteiger partial charge in [-0.15, -0.1) is 0 Å². The second-order valence-electron chi connectivity index (χ2n) is 3.85. The number of aromatic nitrogens is 1. The third-order valence-corrected chi connectivity index (χ3v) is 2.78. The van der Waals surface area contributed by atoms with E-state index in [-0.39, 0.29) is 0 Å². The van der Waals surface area contributed by atoms with Crippen LogP contribution >= 0.6 is 0 Å². The summed E-state index contributed by atoms with van der Waals surface area (Å²) in [6.07, 6.45) is 4.14. The first-order chi connectivity index (χ1) is 6.31. The highest BCUT2D eigenvalue weighted by Crippen LogP contribution is 2.49. The normalized spacial score (nSPS) is 26.0. The second-order valence-corrected chi connectivity index (χ2v) is 3.85. The monoisotopic (exact) mass is 177 g/mol. The fraction of sp³-hybridized carbons (Fsp3) is 0.545. The number of hydrogen-bond donors (Lipinski definition) is 1. The zero-order valence-corrected chi connectivity index (χ0v) is 7.90. The lowest BCUT2D eigenvalue weighted by Crippen LogP contribution is -1.89. The number of aliphatic hydroxyl groups is 1. The molecule has 2 atom stereocenters. The fourth-order valence-electron chi connectivity index (χ4n) is 1.84. The molecule has 0 unspecified atom stereocenters. The molecule has 1 heterocycles. The standard InChI is InChI=1S/C11H15NO/c1-8-2-3-10(7-12-8)11-6-9(11)4-5-13/h2-3,7,9,11,13H,4-6H2,1H3/t9-,11-/m0/s1. The van der Waals surface area contributed by atoms with Gasteiger partial charge in [-0.05, 0) is 43.2 Å². The largest absolute Gasteiger partial charge is 0.396 e. The molecule has 1 saturated carbocycles. The maximum atomic E-state index is 8.77. The molecule has 0 radical (unpaired) electrons. The molecular formula is C11H15NO. The number of aryl methyl sites for hydroxylation is 1. The summed E-state index contributed by atoms with van der Waals surface area (Å²) in [5.41, 5.74) is 2.41. The van der Waals surface area contributed by atoms with Crippen LogP contribution in [-0.2, 0) is 0 Å². The van der Waals surface area contributed by atoms with Gasteiger partial charge in [0.2, 0.25) is 0 Å². The summed E-state index contributed by atoms with van der Waals surface area (Å²) in [7, 11) is 0. The van der Waals surface area contributed by atoms with E-state index in [1.165, 1.54) is 12.0 Å². The quantitative estimate of drug-likeness (QED) is 0.764. The Bertz CT molecular complexity index is 281. The molecule has 1 aromatic rings. The van der Waals surface area contributed by atoms with Crippen LogP contribution in [0.1, 0.15) is 30.0 Å². The van der Waals surface area contributed by atoms with E-state index in [1.807, 2.05) is 13.1 Å². The smallest absolute Gasteiger partial charge is 0.0433 e. The van der Waals surface area contributed by atoms with Crippen molar-refractivity contribution in [2.45, 2.75) is 25.7 Å². The van der Waals surface area contributed by atoms with Crippen molar-refractivity contribution in [2.75, 3.05) is 6.61 Å². The summed E-state index contributed by atoms with van der Waals surface area (Å²) in [6, 6.07) is 4.22. The summed E-state index contributed by atoms with van der Waals surface area (Å²) in [6.45, 7) is 2.32. The van der Waals surface area contributed by atoms with Crippen molar-refractivity contribution in [1.29, 1.82) is 0 Å². The van der Waals surface area contributed by atoms with Crippen LogP contribution in [0.3, 0.4) is 0 Å². The Balaban J connectivity index is 2.00. The molecule has 0 aromatic carbocycles. The van der Waals surface area contributed by atoms with Crippen molar-refractivity contribution >= 4 is 0 Å². The Morgan fingerprint density at radius 2 is 2.38 bits per heavy atom. The van der Waals surface area contributed by atoms with Crippen LogP contribution in [0.15, 0.2) is 18.3 Å². The zero-order chi connectivity index (χ0) is 9.26. The maximum absolute atomic E-state index is 8.77. The SMILES string of the molecule is Cc1ccc([C@H]2C[C@@H]2CCO)cn1. The van der Waals surface area contributed by atoms with Crippen LogP contribution in [0.2, 0.25) is 0 Å². The molecular weight excluding hydrogens is 162 g/mol. The maximum Gasteiger partial charge on any atom is 0.0433 e. The average molecular weight is 177 g/mol. The van der Waals surface area contributed by atoms with Crippen molar-refractivity contribution in [3.05, 3.63) is 29.6 Å². The van der Waals surface area contributed by atoms with Crippen molar-refractivity contribution in [1.82, 2.24) is 4.98 Å². The predicted molar refractivity (Wildman–Crippen MR) is 51.5 cm³/mol. The molecule has 1 N–H and O–H groups in total. The summed E-state index contributed by atoms with van der Waals surface area (Å²) < 4.78 is 0. The van der Waals surface area contributed by atoms with E-state index in [0.29, 0.717) is 18.4 Å². The highest BCUT2D eigenvalue weighted by atomic mass is 16.3. The van der Waals surface area contributed by atoms with Gasteiger partial charge in [-0.25, -0.2) is 0 Å². The average Bonchev–Trinajstić information content (AvgIpc) is 2.86. The minimum absolute atomic E-state index is 0.320. The summed E-state index contributed by atoms with van der Waals surface area (Å²) in [4.78, 5) is 4.27. The van der Waals surface area contributed by atoms with Crippen LogP contribution in [0.25, 0.3) is 0 Å². The third kappa shape index (κ3) is 1.89. The zero-order valence-electron chi connectivity index (χ0n) is 7.90. The first kappa shape index (κ1) is 8.70. The van der Waals surface area contributed by atoms with E-state index in [9.17, 15) is 0 Å². The Morgan fingerprint density at radius 1 is 1.54 bits per heavy atom. The highest BCUT2D eigenvalue weighted by molar-refractivity contribution is 5.23. The number of hydrogen-bond acceptors (Lipinski definition) is 2. The van der Waals surface area contributed by atoms with Crippen LogP contribution in [0.4, 0.5) is 0 Å². The van der Waals surface area contributed by atoms with Gasteiger partial charge in [0.15, 0.2) is 0 Å². The molecule has 0 saturated heterocycles. The Hall–Kier alpha value is -0.890. The molecule has 0 spiro atoms. The molecule has 1 aliphatic rings. The molecule has 0 aliphatic heterocycles. The number of rotatable bonds is 3. The van der Waals surface area contributed by atoms with E-state index in [0.717, 1.165) is 12.1 Å². The first-order valence-corrected chi connectivity index (χ1v) is 4.84. The van der Waals surface area contributed by atoms with E-state index in [4.69, 9.17) is 5.11 Å². The summed E-state index contributed by atoms with van der Waals surface area (Å²) in [5, 5.41) is 8.77. The lowest BCUT2D eigenvalue weighted by Gasteiger charge is -1.99. The van der Waals surface area contributed by atoms with E-state index >= 15 is 0 Å². The van der Waals surface area contributed by atoms with Gasteiger partial charge in [-0.1, -0.05) is 6.07 Å². The van der Waals surface area contributed by atoms with Crippen LogP contribution < -0.4 is 0 Å². The first-order valence-electron chi connectivity index (χ1n) is 4.84. The molecule has 13 heavy (non-hydrogen) atoms. The van der Waals surface area contributed by atoms with Gasteiger partial charge in [0, 0.05) is 18.5 Å². The van der Waals surface area contributed by atoms with Crippen molar-refractivity contribution in [3.63, 3.8) is 0 Å². The van der Waals surface area contributed by atoms with Gasteiger partial charge in [-0.3, -0.25) is 4.98 Å². The molecule has 1 aromatic heterocycles.